The van der Waals surface area contributed by atoms with Crippen LogP contribution in [0, 0.1) is 11.3 Å². The van der Waals surface area contributed by atoms with E-state index in [0.717, 1.165) is 19.5 Å². The molecule has 3 heteroatoms. The van der Waals surface area contributed by atoms with Crippen molar-refractivity contribution in [1.82, 2.24) is 5.32 Å². The lowest BCUT2D eigenvalue weighted by Crippen LogP contribution is -2.30. The average Bonchev–Trinajstić information content (AvgIpc) is 2.12. The molecule has 0 spiro atoms. The van der Waals surface area contributed by atoms with Gasteiger partial charge in [-0.15, -0.1) is 0 Å². The highest BCUT2D eigenvalue weighted by molar-refractivity contribution is 5.69. The zero-order chi connectivity index (χ0) is 11.2. The maximum atomic E-state index is 10.5. The number of hydrogen-bond acceptors (Lipinski definition) is 2. The second-order valence-electron chi connectivity index (χ2n) is 4.72. The van der Waals surface area contributed by atoms with Gasteiger partial charge >= 0.3 is 5.97 Å². The van der Waals surface area contributed by atoms with Gasteiger partial charge in [0.15, 0.2) is 0 Å². The Morgan fingerprint density at radius 3 is 2.50 bits per heavy atom. The summed E-state index contributed by atoms with van der Waals surface area (Å²) in [6.07, 6.45) is 1.84. The molecule has 0 radical (unpaired) electrons. The normalized spacial score (nSPS) is 14.0. The first-order valence-electron chi connectivity index (χ1n) is 5.32. The topological polar surface area (TPSA) is 49.3 Å². The van der Waals surface area contributed by atoms with Gasteiger partial charge in [0.1, 0.15) is 0 Å². The Labute approximate surface area is 86.9 Å². The van der Waals surface area contributed by atoms with Gasteiger partial charge in [0.05, 0.1) is 5.92 Å². The fraction of sp³-hybridized carbons (Fsp3) is 0.909. The van der Waals surface area contributed by atoms with Gasteiger partial charge in [0, 0.05) is 6.54 Å². The maximum Gasteiger partial charge on any atom is 0.306 e. The first-order chi connectivity index (χ1) is 6.39. The quantitative estimate of drug-likeness (QED) is 0.620. The van der Waals surface area contributed by atoms with Crippen molar-refractivity contribution in [3.05, 3.63) is 0 Å². The lowest BCUT2D eigenvalue weighted by atomic mass is 9.90. The minimum Gasteiger partial charge on any atom is -0.481 e. The van der Waals surface area contributed by atoms with Crippen LogP contribution in [0.2, 0.25) is 0 Å². The number of hydrogen-bond donors (Lipinski definition) is 2. The Bertz CT molecular complexity index is 178. The van der Waals surface area contributed by atoms with Crippen molar-refractivity contribution in [3.63, 3.8) is 0 Å². The molecule has 0 saturated carbocycles. The maximum absolute atomic E-state index is 10.5. The molecular weight excluding hydrogens is 178 g/mol. The molecule has 0 bridgehead atoms. The monoisotopic (exact) mass is 201 g/mol. The SMILES string of the molecule is CCC(C)(C)CNCCC(C)C(=O)O. The van der Waals surface area contributed by atoms with E-state index in [2.05, 4.69) is 26.1 Å². The first-order valence-corrected chi connectivity index (χ1v) is 5.32. The molecule has 0 fully saturated rings. The molecule has 0 saturated heterocycles. The summed E-state index contributed by atoms with van der Waals surface area (Å²) in [4.78, 5) is 10.5. The van der Waals surface area contributed by atoms with Gasteiger partial charge in [-0.2, -0.15) is 0 Å². The van der Waals surface area contributed by atoms with Crippen LogP contribution in [0.1, 0.15) is 40.5 Å². The smallest absolute Gasteiger partial charge is 0.306 e. The molecule has 3 nitrogen and oxygen atoms in total. The Balaban J connectivity index is 3.52. The molecular formula is C11H23NO2. The largest absolute Gasteiger partial charge is 0.481 e. The van der Waals surface area contributed by atoms with Gasteiger partial charge in [-0.25, -0.2) is 0 Å². The summed E-state index contributed by atoms with van der Waals surface area (Å²) in [7, 11) is 0. The number of carboxylic acids is 1. The highest BCUT2D eigenvalue weighted by Gasteiger charge is 2.15. The van der Waals surface area contributed by atoms with Crippen LogP contribution < -0.4 is 5.32 Å². The molecule has 0 aromatic carbocycles. The molecule has 0 rings (SSSR count). The minimum atomic E-state index is -0.707. The Morgan fingerprint density at radius 1 is 1.50 bits per heavy atom. The van der Waals surface area contributed by atoms with E-state index in [4.69, 9.17) is 5.11 Å². The number of carbonyl (C=O) groups is 1. The average molecular weight is 201 g/mol. The van der Waals surface area contributed by atoms with Crippen molar-refractivity contribution in [2.24, 2.45) is 11.3 Å². The van der Waals surface area contributed by atoms with Gasteiger partial charge in [-0.1, -0.05) is 27.7 Å². The highest BCUT2D eigenvalue weighted by Crippen LogP contribution is 2.17. The number of aliphatic carboxylic acids is 1. The third-order valence-corrected chi connectivity index (χ3v) is 2.74. The Morgan fingerprint density at radius 2 is 2.07 bits per heavy atom. The Kier molecular flexibility index (Phi) is 5.77. The van der Waals surface area contributed by atoms with E-state index in [1.165, 1.54) is 0 Å². The number of rotatable bonds is 7. The van der Waals surface area contributed by atoms with E-state index in [-0.39, 0.29) is 5.92 Å². The summed E-state index contributed by atoms with van der Waals surface area (Å²) < 4.78 is 0. The van der Waals surface area contributed by atoms with Gasteiger partial charge in [0.25, 0.3) is 0 Å². The predicted octanol–water partition coefficient (Wildman–Crippen LogP) is 2.12. The first kappa shape index (κ1) is 13.4. The van der Waals surface area contributed by atoms with Crippen molar-refractivity contribution in [2.75, 3.05) is 13.1 Å². The van der Waals surface area contributed by atoms with Crippen LogP contribution in [0.4, 0.5) is 0 Å². The summed E-state index contributed by atoms with van der Waals surface area (Å²) >= 11 is 0. The van der Waals surface area contributed by atoms with Gasteiger partial charge in [0.2, 0.25) is 0 Å². The predicted molar refractivity (Wildman–Crippen MR) is 58.4 cm³/mol. The second kappa shape index (κ2) is 6.02. The zero-order valence-corrected chi connectivity index (χ0v) is 9.76. The van der Waals surface area contributed by atoms with E-state index >= 15 is 0 Å². The lowest BCUT2D eigenvalue weighted by Gasteiger charge is -2.23. The lowest BCUT2D eigenvalue weighted by molar-refractivity contribution is -0.141. The molecule has 0 aliphatic carbocycles. The van der Waals surface area contributed by atoms with E-state index < -0.39 is 5.97 Å². The second-order valence-corrected chi connectivity index (χ2v) is 4.72. The standard InChI is InChI=1S/C11H23NO2/c1-5-11(3,4)8-12-7-6-9(2)10(13)14/h9,12H,5-8H2,1-4H3,(H,13,14). The van der Waals surface area contributed by atoms with E-state index in [1.54, 1.807) is 6.92 Å². The van der Waals surface area contributed by atoms with E-state index in [1.807, 2.05) is 0 Å². The molecule has 1 atom stereocenters. The molecule has 0 amide bonds. The molecule has 0 heterocycles. The summed E-state index contributed by atoms with van der Waals surface area (Å²) in [6.45, 7) is 10.1. The molecule has 0 aliphatic heterocycles. The van der Waals surface area contributed by atoms with Crippen LogP contribution in [-0.4, -0.2) is 24.2 Å². The van der Waals surface area contributed by atoms with E-state index in [9.17, 15) is 4.79 Å². The highest BCUT2D eigenvalue weighted by atomic mass is 16.4. The van der Waals surface area contributed by atoms with Crippen LogP contribution in [0.5, 0.6) is 0 Å². The Hall–Kier alpha value is -0.570. The third-order valence-electron chi connectivity index (χ3n) is 2.74. The molecule has 2 N–H and O–H groups in total. The molecule has 0 aliphatic rings. The molecule has 14 heavy (non-hydrogen) atoms. The fourth-order valence-electron chi connectivity index (χ4n) is 0.994. The van der Waals surface area contributed by atoms with Crippen molar-refractivity contribution in [1.29, 1.82) is 0 Å². The van der Waals surface area contributed by atoms with Gasteiger partial charge in [-0.05, 0) is 24.8 Å². The van der Waals surface area contributed by atoms with Crippen LogP contribution in [0.15, 0.2) is 0 Å². The van der Waals surface area contributed by atoms with Gasteiger partial charge in [-0.3, -0.25) is 4.79 Å². The van der Waals surface area contributed by atoms with Crippen LogP contribution >= 0.6 is 0 Å². The van der Waals surface area contributed by atoms with Crippen molar-refractivity contribution >= 4 is 5.97 Å². The minimum absolute atomic E-state index is 0.243. The van der Waals surface area contributed by atoms with Crippen LogP contribution in [0.3, 0.4) is 0 Å². The fourth-order valence-corrected chi connectivity index (χ4v) is 0.994. The number of nitrogens with one attached hydrogen (secondary N) is 1. The molecule has 1 unspecified atom stereocenters. The van der Waals surface area contributed by atoms with Crippen molar-refractivity contribution in [3.8, 4) is 0 Å². The molecule has 0 aromatic heterocycles. The summed E-state index contributed by atoms with van der Waals surface area (Å²) in [6, 6.07) is 0. The number of carboxylic acid groups (broad SMARTS) is 1. The van der Waals surface area contributed by atoms with Crippen LogP contribution in [-0.2, 0) is 4.79 Å². The van der Waals surface area contributed by atoms with Gasteiger partial charge < -0.3 is 10.4 Å². The van der Waals surface area contributed by atoms with Crippen molar-refractivity contribution in [2.45, 2.75) is 40.5 Å². The van der Waals surface area contributed by atoms with Crippen molar-refractivity contribution < 1.29 is 9.90 Å². The third kappa shape index (κ3) is 5.97. The summed E-state index contributed by atoms with van der Waals surface area (Å²) in [5.74, 6) is -0.950. The summed E-state index contributed by atoms with van der Waals surface area (Å²) in [5.41, 5.74) is 0.312. The molecule has 0 aromatic rings. The van der Waals surface area contributed by atoms with E-state index in [0.29, 0.717) is 11.8 Å². The zero-order valence-electron chi connectivity index (χ0n) is 9.76. The molecule has 84 valence electrons. The van der Waals surface area contributed by atoms with Crippen LogP contribution in [0.25, 0.3) is 0 Å². The summed E-state index contributed by atoms with van der Waals surface area (Å²) in [5, 5.41) is 12.0.